The summed E-state index contributed by atoms with van der Waals surface area (Å²) in [6.45, 7) is 1.91. The Labute approximate surface area is 145 Å². The van der Waals surface area contributed by atoms with Gasteiger partial charge in [0.05, 0.1) is 4.92 Å². The standard InChI is InChI=1S/C17H18N2O5S/c1-2-5-17(20)13-8-10-15(11-9-13)18-25(23,24)12-14-6-3-4-7-16(14)19(21)22/h3-4,6-11,18H,2,5,12H2,1H3. The predicted octanol–water partition coefficient (Wildman–Crippen LogP) is 3.52. The fourth-order valence-electron chi connectivity index (χ4n) is 2.33. The Bertz CT molecular complexity index is 876. The Balaban J connectivity index is 2.14. The van der Waals surface area contributed by atoms with Crippen LogP contribution in [-0.4, -0.2) is 19.1 Å². The SMILES string of the molecule is CCCC(=O)c1ccc(NS(=O)(=O)Cc2ccccc2[N+](=O)[O-])cc1. The molecule has 0 aliphatic rings. The molecule has 0 radical (unpaired) electrons. The number of hydrogen-bond acceptors (Lipinski definition) is 5. The van der Waals surface area contributed by atoms with Gasteiger partial charge in [-0.25, -0.2) is 8.42 Å². The van der Waals surface area contributed by atoms with E-state index in [1.54, 1.807) is 18.2 Å². The first-order chi connectivity index (χ1) is 11.8. The van der Waals surface area contributed by atoms with Crippen molar-refractivity contribution < 1.29 is 18.1 Å². The number of carbonyl (C=O) groups is 1. The normalized spacial score (nSPS) is 11.1. The van der Waals surface area contributed by atoms with Crippen LogP contribution in [0, 0.1) is 10.1 Å². The number of para-hydroxylation sites is 1. The lowest BCUT2D eigenvalue weighted by Gasteiger charge is -2.09. The molecule has 0 saturated heterocycles. The van der Waals surface area contributed by atoms with Gasteiger partial charge in [-0.2, -0.15) is 0 Å². The minimum Gasteiger partial charge on any atom is -0.294 e. The molecule has 0 unspecified atom stereocenters. The van der Waals surface area contributed by atoms with Crippen molar-refractivity contribution in [2.75, 3.05) is 4.72 Å². The van der Waals surface area contributed by atoms with Crippen LogP contribution in [0.25, 0.3) is 0 Å². The van der Waals surface area contributed by atoms with E-state index in [1.807, 2.05) is 6.92 Å². The molecule has 0 aromatic heterocycles. The zero-order valence-corrected chi connectivity index (χ0v) is 14.5. The van der Waals surface area contributed by atoms with E-state index in [0.29, 0.717) is 17.7 Å². The highest BCUT2D eigenvalue weighted by Crippen LogP contribution is 2.21. The largest absolute Gasteiger partial charge is 0.294 e. The van der Waals surface area contributed by atoms with Gasteiger partial charge in [-0.1, -0.05) is 25.1 Å². The number of anilines is 1. The molecule has 2 rings (SSSR count). The molecule has 0 spiro atoms. The summed E-state index contributed by atoms with van der Waals surface area (Å²) in [5.74, 6) is -0.516. The third-order valence-electron chi connectivity index (χ3n) is 3.49. The van der Waals surface area contributed by atoms with Crippen LogP contribution in [0.4, 0.5) is 11.4 Å². The van der Waals surface area contributed by atoms with Gasteiger partial charge in [0.15, 0.2) is 5.78 Å². The van der Waals surface area contributed by atoms with Gasteiger partial charge in [0.2, 0.25) is 10.0 Å². The van der Waals surface area contributed by atoms with Gasteiger partial charge in [-0.3, -0.25) is 19.6 Å². The molecule has 0 aliphatic carbocycles. The molecular weight excluding hydrogens is 344 g/mol. The van der Waals surface area contributed by atoms with E-state index in [9.17, 15) is 23.3 Å². The number of ketones is 1. The number of carbonyl (C=O) groups excluding carboxylic acids is 1. The van der Waals surface area contributed by atoms with Crippen LogP contribution in [0.15, 0.2) is 48.5 Å². The van der Waals surface area contributed by atoms with Gasteiger partial charge < -0.3 is 0 Å². The lowest BCUT2D eigenvalue weighted by Crippen LogP contribution is -2.16. The van der Waals surface area contributed by atoms with Crippen molar-refractivity contribution in [1.29, 1.82) is 0 Å². The fourth-order valence-corrected chi connectivity index (χ4v) is 3.55. The van der Waals surface area contributed by atoms with Gasteiger partial charge in [0.25, 0.3) is 5.69 Å². The minimum atomic E-state index is -3.83. The van der Waals surface area contributed by atoms with E-state index >= 15 is 0 Å². The topological polar surface area (TPSA) is 106 Å². The van der Waals surface area contributed by atoms with Crippen molar-refractivity contribution in [3.63, 3.8) is 0 Å². The zero-order chi connectivity index (χ0) is 18.4. The number of sulfonamides is 1. The molecular formula is C17H18N2O5S. The molecule has 2 aromatic rings. The van der Waals surface area contributed by atoms with Crippen molar-refractivity contribution in [3.8, 4) is 0 Å². The molecule has 8 heteroatoms. The summed E-state index contributed by atoms with van der Waals surface area (Å²) in [5, 5.41) is 11.0. The van der Waals surface area contributed by atoms with Crippen LogP contribution in [0.1, 0.15) is 35.7 Å². The summed E-state index contributed by atoms with van der Waals surface area (Å²) in [5.41, 5.74) is 0.679. The number of nitro benzene ring substituents is 1. The Morgan fingerprint density at radius 1 is 1.12 bits per heavy atom. The molecule has 0 heterocycles. The Morgan fingerprint density at radius 2 is 1.76 bits per heavy atom. The third kappa shape index (κ3) is 5.12. The lowest BCUT2D eigenvalue weighted by atomic mass is 10.1. The van der Waals surface area contributed by atoms with Crippen LogP contribution in [0.2, 0.25) is 0 Å². The molecule has 0 saturated carbocycles. The maximum Gasteiger partial charge on any atom is 0.273 e. The van der Waals surface area contributed by atoms with Gasteiger partial charge >= 0.3 is 0 Å². The van der Waals surface area contributed by atoms with Crippen LogP contribution >= 0.6 is 0 Å². The highest BCUT2D eigenvalue weighted by molar-refractivity contribution is 7.91. The van der Waals surface area contributed by atoms with E-state index in [-0.39, 0.29) is 17.0 Å². The summed E-state index contributed by atoms with van der Waals surface area (Å²) in [4.78, 5) is 22.1. The number of rotatable bonds is 8. The Kier molecular flexibility index (Phi) is 5.87. The Morgan fingerprint density at radius 3 is 2.36 bits per heavy atom. The second-order valence-corrected chi connectivity index (χ2v) is 7.22. The Hall–Kier alpha value is -2.74. The third-order valence-corrected chi connectivity index (χ3v) is 4.73. The molecule has 2 aromatic carbocycles. The molecule has 1 N–H and O–H groups in total. The summed E-state index contributed by atoms with van der Waals surface area (Å²) in [6.07, 6.45) is 1.17. The van der Waals surface area contributed by atoms with Gasteiger partial charge in [-0.15, -0.1) is 0 Å². The second kappa shape index (κ2) is 7.89. The summed E-state index contributed by atoms with van der Waals surface area (Å²) < 4.78 is 26.9. The van der Waals surface area contributed by atoms with Crippen LogP contribution < -0.4 is 4.72 Å². The predicted molar refractivity (Wildman–Crippen MR) is 95.0 cm³/mol. The second-order valence-electron chi connectivity index (χ2n) is 5.50. The van der Waals surface area contributed by atoms with Crippen LogP contribution in [0.3, 0.4) is 0 Å². The molecule has 0 atom stereocenters. The first-order valence-electron chi connectivity index (χ1n) is 7.68. The number of nitro groups is 1. The first kappa shape index (κ1) is 18.6. The van der Waals surface area contributed by atoms with Gasteiger partial charge in [0.1, 0.15) is 5.75 Å². The van der Waals surface area contributed by atoms with E-state index in [4.69, 9.17) is 0 Å². The monoisotopic (exact) mass is 362 g/mol. The number of benzene rings is 2. The van der Waals surface area contributed by atoms with Gasteiger partial charge in [-0.05, 0) is 30.7 Å². The number of Topliss-reactive ketones (excluding diaryl/α,β-unsaturated/α-hetero) is 1. The van der Waals surface area contributed by atoms with E-state index in [0.717, 1.165) is 6.42 Å². The molecule has 7 nitrogen and oxygen atoms in total. The van der Waals surface area contributed by atoms with E-state index in [1.165, 1.54) is 30.3 Å². The molecule has 132 valence electrons. The molecule has 25 heavy (non-hydrogen) atoms. The highest BCUT2D eigenvalue weighted by Gasteiger charge is 2.19. The summed E-state index contributed by atoms with van der Waals surface area (Å²) in [6, 6.07) is 11.8. The van der Waals surface area contributed by atoms with E-state index in [2.05, 4.69) is 4.72 Å². The molecule has 0 amide bonds. The van der Waals surface area contributed by atoms with Crippen molar-refractivity contribution >= 4 is 27.2 Å². The first-order valence-corrected chi connectivity index (χ1v) is 9.33. The van der Waals surface area contributed by atoms with Crippen molar-refractivity contribution in [1.82, 2.24) is 0 Å². The maximum atomic E-state index is 12.3. The zero-order valence-electron chi connectivity index (χ0n) is 13.6. The quantitative estimate of drug-likeness (QED) is 0.439. The minimum absolute atomic E-state index is 0.00295. The molecule has 0 bridgehead atoms. The highest BCUT2D eigenvalue weighted by atomic mass is 32.2. The summed E-state index contributed by atoms with van der Waals surface area (Å²) in [7, 11) is -3.83. The molecule has 0 fully saturated rings. The average Bonchev–Trinajstić information content (AvgIpc) is 2.55. The van der Waals surface area contributed by atoms with Crippen LogP contribution in [0.5, 0.6) is 0 Å². The lowest BCUT2D eigenvalue weighted by molar-refractivity contribution is -0.385. The van der Waals surface area contributed by atoms with Crippen molar-refractivity contribution in [2.24, 2.45) is 0 Å². The summed E-state index contributed by atoms with van der Waals surface area (Å²) >= 11 is 0. The van der Waals surface area contributed by atoms with Crippen LogP contribution in [-0.2, 0) is 15.8 Å². The van der Waals surface area contributed by atoms with Crippen molar-refractivity contribution in [2.45, 2.75) is 25.5 Å². The molecule has 0 aliphatic heterocycles. The number of nitrogens with one attached hydrogen (secondary N) is 1. The maximum absolute atomic E-state index is 12.3. The average molecular weight is 362 g/mol. The van der Waals surface area contributed by atoms with E-state index < -0.39 is 20.7 Å². The smallest absolute Gasteiger partial charge is 0.273 e. The van der Waals surface area contributed by atoms with Crippen molar-refractivity contribution in [3.05, 3.63) is 69.8 Å². The number of nitrogens with zero attached hydrogens (tertiary/aromatic N) is 1. The fraction of sp³-hybridized carbons (Fsp3) is 0.235. The van der Waals surface area contributed by atoms with Gasteiger partial charge in [0, 0.05) is 29.3 Å². The number of hydrogen-bond donors (Lipinski definition) is 1.